The van der Waals surface area contributed by atoms with Gasteiger partial charge in [0.25, 0.3) is 0 Å². The highest BCUT2D eigenvalue weighted by Crippen LogP contribution is 2.36. The minimum atomic E-state index is -0.707. The van der Waals surface area contributed by atoms with E-state index >= 15 is 0 Å². The maximum Gasteiger partial charge on any atom is 0.318 e. The molecule has 0 bridgehead atoms. The lowest BCUT2D eigenvalue weighted by Crippen LogP contribution is -2.55. The summed E-state index contributed by atoms with van der Waals surface area (Å²) in [6.07, 6.45) is 3.29. The minimum Gasteiger partial charge on any atom is -0.461 e. The summed E-state index contributed by atoms with van der Waals surface area (Å²) in [6, 6.07) is 15.5. The zero-order chi connectivity index (χ0) is 32.9. The molecule has 4 heterocycles. The first-order chi connectivity index (χ1) is 22.9. The summed E-state index contributed by atoms with van der Waals surface area (Å²) >= 11 is 0. The smallest absolute Gasteiger partial charge is 0.318 e. The number of fused-ring (bicyclic) bond motifs is 2. The number of ether oxygens (including phenoxy) is 2. The van der Waals surface area contributed by atoms with Gasteiger partial charge in [-0.1, -0.05) is 30.3 Å². The molecule has 0 aliphatic carbocycles. The molecule has 1 unspecified atom stereocenters. The van der Waals surface area contributed by atoms with Gasteiger partial charge in [0, 0.05) is 68.0 Å². The highest BCUT2D eigenvalue weighted by atomic mass is 19.1. The number of carbonyl (C=O) groups excluding carboxylic acids is 1. The number of aryl methyl sites for hydroxylation is 1. The lowest BCUT2D eigenvalue weighted by Gasteiger charge is -2.42. The van der Waals surface area contributed by atoms with E-state index in [1.807, 2.05) is 0 Å². The third-order valence-corrected chi connectivity index (χ3v) is 9.50. The molecular formula is C36H44FN7O3. The van der Waals surface area contributed by atoms with Crippen molar-refractivity contribution in [1.82, 2.24) is 19.8 Å². The normalized spacial score (nSPS) is 20.6. The van der Waals surface area contributed by atoms with Crippen molar-refractivity contribution < 1.29 is 18.7 Å². The predicted molar refractivity (Wildman–Crippen MR) is 180 cm³/mol. The van der Waals surface area contributed by atoms with E-state index in [0.717, 1.165) is 43.1 Å². The molecule has 248 valence electrons. The van der Waals surface area contributed by atoms with E-state index in [2.05, 4.69) is 77.9 Å². The maximum atomic E-state index is 12.8. The molecule has 3 aliphatic heterocycles. The summed E-state index contributed by atoms with van der Waals surface area (Å²) < 4.78 is 25.1. The highest BCUT2D eigenvalue weighted by Gasteiger charge is 2.34. The van der Waals surface area contributed by atoms with Crippen molar-refractivity contribution in [3.8, 4) is 12.1 Å². The largest absolute Gasteiger partial charge is 0.461 e. The Labute approximate surface area is 276 Å². The second-order valence-electron chi connectivity index (χ2n) is 12.8. The molecule has 2 atom stereocenters. The summed E-state index contributed by atoms with van der Waals surface area (Å²) in [5.74, 6) is 0.515. The van der Waals surface area contributed by atoms with Crippen molar-refractivity contribution in [3.63, 3.8) is 0 Å². The molecule has 6 rings (SSSR count). The average molecular weight is 642 g/mol. The summed E-state index contributed by atoms with van der Waals surface area (Å²) in [5, 5.41) is 12.1. The van der Waals surface area contributed by atoms with Crippen LogP contribution in [0.1, 0.15) is 37.1 Å². The average Bonchev–Trinajstić information content (AvgIpc) is 3.09. The number of morpholine rings is 1. The van der Waals surface area contributed by atoms with Gasteiger partial charge in [-0.05, 0) is 50.3 Å². The molecule has 1 amide bonds. The standard InChI is InChI=1S/C36H44FN7O3/c1-25(2)41-19-20-46-29(22-41)24-47-36-39-31-23-42(32-10-5-9-27-8-4-7-26(3)34(27)32)16-13-30(31)35(40-36)43-17-18-44(28(21-43)12-15-38)33(45)11-6-14-37/h4-11,25,28-29H,12-14,16-24H2,1-3H3/b11-6+/t28-,29?/m0/s1. The quantitative estimate of drug-likeness (QED) is 0.314. The molecule has 0 saturated carbocycles. The summed E-state index contributed by atoms with van der Waals surface area (Å²) in [7, 11) is 0. The van der Waals surface area contributed by atoms with Crippen molar-refractivity contribution in [3.05, 3.63) is 65.4 Å². The van der Waals surface area contributed by atoms with Gasteiger partial charge in [0.15, 0.2) is 0 Å². The molecular weight excluding hydrogens is 597 g/mol. The number of piperazine rings is 1. The van der Waals surface area contributed by atoms with E-state index in [0.29, 0.717) is 51.4 Å². The molecule has 11 heteroatoms. The van der Waals surface area contributed by atoms with Gasteiger partial charge < -0.3 is 24.2 Å². The molecule has 2 saturated heterocycles. The van der Waals surface area contributed by atoms with Gasteiger partial charge in [0.1, 0.15) is 25.2 Å². The topological polar surface area (TPSA) is 98.1 Å². The van der Waals surface area contributed by atoms with Gasteiger partial charge in [0.2, 0.25) is 5.91 Å². The lowest BCUT2D eigenvalue weighted by atomic mass is 9.99. The number of halogens is 1. The SMILES string of the molecule is Cc1cccc2cccc(N3CCc4c(nc(OCC5CN(C(C)C)CCO5)nc4N4CCN(C(=O)/C=C/CF)[C@@H](CC#N)C4)C3)c12. The van der Waals surface area contributed by atoms with Crippen LogP contribution < -0.4 is 14.5 Å². The van der Waals surface area contributed by atoms with Crippen LogP contribution in [0.3, 0.4) is 0 Å². The summed E-state index contributed by atoms with van der Waals surface area (Å²) in [5.41, 5.74) is 4.40. The zero-order valence-corrected chi connectivity index (χ0v) is 27.6. The van der Waals surface area contributed by atoms with Crippen LogP contribution >= 0.6 is 0 Å². The van der Waals surface area contributed by atoms with Gasteiger partial charge in [-0.25, -0.2) is 4.39 Å². The van der Waals surface area contributed by atoms with Crippen LogP contribution in [0.2, 0.25) is 0 Å². The number of alkyl halides is 1. The van der Waals surface area contributed by atoms with Gasteiger partial charge in [-0.3, -0.25) is 9.69 Å². The fourth-order valence-electron chi connectivity index (χ4n) is 7.03. The fourth-order valence-corrected chi connectivity index (χ4v) is 7.03. The van der Waals surface area contributed by atoms with E-state index < -0.39 is 6.67 Å². The molecule has 2 aromatic carbocycles. The van der Waals surface area contributed by atoms with Crippen LogP contribution in [0.5, 0.6) is 6.01 Å². The second-order valence-corrected chi connectivity index (χ2v) is 12.8. The van der Waals surface area contributed by atoms with Crippen LogP contribution in [0.25, 0.3) is 10.8 Å². The third-order valence-electron chi connectivity index (χ3n) is 9.50. The Morgan fingerprint density at radius 2 is 1.96 bits per heavy atom. The van der Waals surface area contributed by atoms with E-state index in [9.17, 15) is 14.4 Å². The molecule has 3 aliphatic rings. The Morgan fingerprint density at radius 3 is 2.74 bits per heavy atom. The molecule has 2 fully saturated rings. The Balaban J connectivity index is 1.31. The Kier molecular flexibility index (Phi) is 10.2. The number of nitrogens with zero attached hydrogens (tertiary/aromatic N) is 7. The number of anilines is 2. The molecule has 0 spiro atoms. The van der Waals surface area contributed by atoms with E-state index in [1.54, 1.807) is 4.90 Å². The molecule has 47 heavy (non-hydrogen) atoms. The Hall–Kier alpha value is -4.27. The van der Waals surface area contributed by atoms with E-state index in [4.69, 9.17) is 19.4 Å². The highest BCUT2D eigenvalue weighted by molar-refractivity contribution is 5.97. The number of amides is 1. The number of rotatable bonds is 9. The number of hydrogen-bond donors (Lipinski definition) is 0. The molecule has 10 nitrogen and oxygen atoms in total. The van der Waals surface area contributed by atoms with E-state index in [1.165, 1.54) is 34.2 Å². The summed E-state index contributed by atoms with van der Waals surface area (Å²) in [4.78, 5) is 31.4. The number of nitriles is 1. The molecule has 0 radical (unpaired) electrons. The number of carbonyl (C=O) groups is 1. The molecule has 1 aromatic heterocycles. The lowest BCUT2D eigenvalue weighted by molar-refractivity contribution is -0.128. The van der Waals surface area contributed by atoms with Gasteiger partial charge in [-0.2, -0.15) is 15.2 Å². The first kappa shape index (κ1) is 32.7. The van der Waals surface area contributed by atoms with Gasteiger partial charge in [0.05, 0.1) is 37.4 Å². The second kappa shape index (κ2) is 14.7. The van der Waals surface area contributed by atoms with Gasteiger partial charge >= 0.3 is 6.01 Å². The Morgan fingerprint density at radius 1 is 1.13 bits per heavy atom. The first-order valence-electron chi connectivity index (χ1n) is 16.6. The summed E-state index contributed by atoms with van der Waals surface area (Å²) in [6.45, 7) is 11.3. The zero-order valence-electron chi connectivity index (χ0n) is 27.6. The van der Waals surface area contributed by atoms with Crippen molar-refractivity contribution in [2.45, 2.75) is 58.3 Å². The molecule has 3 aromatic rings. The van der Waals surface area contributed by atoms with Crippen LogP contribution in [-0.4, -0.2) is 103 Å². The molecule has 0 N–H and O–H groups in total. The van der Waals surface area contributed by atoms with Crippen molar-refractivity contribution >= 4 is 28.2 Å². The monoisotopic (exact) mass is 641 g/mol. The third kappa shape index (κ3) is 7.19. The van der Waals surface area contributed by atoms with Crippen molar-refractivity contribution in [2.75, 3.05) is 69.0 Å². The van der Waals surface area contributed by atoms with Crippen LogP contribution in [0.15, 0.2) is 48.6 Å². The van der Waals surface area contributed by atoms with Crippen LogP contribution in [0, 0.1) is 18.3 Å². The number of allylic oxidation sites excluding steroid dienone is 1. The number of aromatic nitrogens is 2. The number of hydrogen-bond acceptors (Lipinski definition) is 9. The predicted octanol–water partition coefficient (Wildman–Crippen LogP) is 4.45. The minimum absolute atomic E-state index is 0.0867. The van der Waals surface area contributed by atoms with Crippen molar-refractivity contribution in [2.24, 2.45) is 0 Å². The number of benzene rings is 2. The Bertz CT molecular complexity index is 1650. The van der Waals surface area contributed by atoms with E-state index in [-0.39, 0.29) is 24.5 Å². The fraction of sp³-hybridized carbons (Fsp3) is 0.500. The van der Waals surface area contributed by atoms with Crippen LogP contribution in [0.4, 0.5) is 15.9 Å². The van der Waals surface area contributed by atoms with Gasteiger partial charge in [-0.15, -0.1) is 0 Å². The first-order valence-corrected chi connectivity index (χ1v) is 16.6. The van der Waals surface area contributed by atoms with Crippen molar-refractivity contribution in [1.29, 1.82) is 5.26 Å². The maximum absolute atomic E-state index is 12.8. The van der Waals surface area contributed by atoms with Crippen LogP contribution in [-0.2, 0) is 22.5 Å².